The fourth-order valence-corrected chi connectivity index (χ4v) is 4.65. The van der Waals surface area contributed by atoms with E-state index in [1.165, 1.54) is 55.6 Å². The Labute approximate surface area is 210 Å². The minimum atomic E-state index is -1.04. The molecule has 1 amide bonds. The number of amides is 1. The molecule has 2 aromatic carbocycles. The third-order valence-electron chi connectivity index (χ3n) is 5.57. The molecule has 0 radical (unpaired) electrons. The molecule has 1 atom stereocenters. The smallest absolute Gasteiger partial charge is 0.296 e. The van der Waals surface area contributed by atoms with Crippen molar-refractivity contribution < 1.29 is 28.6 Å². The number of halogens is 3. The minimum absolute atomic E-state index is 0.00372. The highest BCUT2D eigenvalue weighted by atomic mass is 35.5. The largest absolute Gasteiger partial charge is 0.507 e. The third kappa shape index (κ3) is 4.42. The maximum Gasteiger partial charge on any atom is 0.296 e. The maximum absolute atomic E-state index is 13.4. The molecule has 180 valence electrons. The Morgan fingerprint density at radius 2 is 1.77 bits per heavy atom. The molecule has 3 aromatic rings. The van der Waals surface area contributed by atoms with Crippen LogP contribution in [-0.2, 0) is 16.1 Å². The second-order valence-electron chi connectivity index (χ2n) is 7.59. The van der Waals surface area contributed by atoms with Gasteiger partial charge in [-0.1, -0.05) is 41.4 Å². The standard InChI is InChI=1S/C25H19Cl2FN2O5/c1-34-23-15(11-16(26)24(35-2)19(23)27)21(31)18-20(17-5-3-4-10-29-17)30(25(33)22(18)32)12-13-6-8-14(28)9-7-13/h3-11,20,31H,12H2,1-2H3/b21-18+. The van der Waals surface area contributed by atoms with Gasteiger partial charge in [-0.3, -0.25) is 14.6 Å². The van der Waals surface area contributed by atoms with Crippen LogP contribution in [0.25, 0.3) is 5.76 Å². The molecule has 1 fully saturated rings. The van der Waals surface area contributed by atoms with E-state index in [4.69, 9.17) is 32.7 Å². The second-order valence-corrected chi connectivity index (χ2v) is 8.38. The van der Waals surface area contributed by atoms with Crippen molar-refractivity contribution in [2.75, 3.05) is 14.2 Å². The summed E-state index contributed by atoms with van der Waals surface area (Å²) in [5.74, 6) is -2.61. The van der Waals surface area contributed by atoms with Crippen LogP contribution in [0.5, 0.6) is 11.5 Å². The number of methoxy groups -OCH3 is 2. The Morgan fingerprint density at radius 3 is 2.37 bits per heavy atom. The molecule has 1 aliphatic rings. The van der Waals surface area contributed by atoms with Crippen molar-refractivity contribution in [2.45, 2.75) is 12.6 Å². The van der Waals surface area contributed by atoms with Crippen molar-refractivity contribution >= 4 is 40.7 Å². The highest BCUT2D eigenvalue weighted by Crippen LogP contribution is 2.47. The van der Waals surface area contributed by atoms with Crippen LogP contribution in [0.3, 0.4) is 0 Å². The van der Waals surface area contributed by atoms with E-state index in [9.17, 15) is 19.1 Å². The predicted octanol–water partition coefficient (Wildman–Crippen LogP) is 5.17. The molecule has 35 heavy (non-hydrogen) atoms. The quantitative estimate of drug-likeness (QED) is 0.276. The number of aromatic nitrogens is 1. The number of Topliss-reactive ketones (excluding diaryl/α,β-unsaturated/α-hetero) is 1. The summed E-state index contributed by atoms with van der Waals surface area (Å²) in [5, 5.41) is 11.4. The highest BCUT2D eigenvalue weighted by molar-refractivity contribution is 6.46. The fraction of sp³-hybridized carbons (Fsp3) is 0.160. The van der Waals surface area contributed by atoms with Crippen molar-refractivity contribution in [1.82, 2.24) is 9.88 Å². The number of carbonyl (C=O) groups is 2. The van der Waals surface area contributed by atoms with Crippen LogP contribution in [0.2, 0.25) is 10.0 Å². The number of rotatable bonds is 6. The molecule has 0 bridgehead atoms. The second kappa shape index (κ2) is 9.93. The van der Waals surface area contributed by atoms with Gasteiger partial charge in [-0.25, -0.2) is 4.39 Å². The zero-order chi connectivity index (χ0) is 25.3. The fourth-order valence-electron chi connectivity index (χ4n) is 3.97. The molecule has 0 aliphatic carbocycles. The van der Waals surface area contributed by atoms with Gasteiger partial charge in [0.25, 0.3) is 11.7 Å². The highest BCUT2D eigenvalue weighted by Gasteiger charge is 2.47. The number of pyridine rings is 1. The first-order valence-electron chi connectivity index (χ1n) is 10.3. The predicted molar refractivity (Wildman–Crippen MR) is 128 cm³/mol. The molecule has 7 nitrogen and oxygen atoms in total. The average Bonchev–Trinajstić information content (AvgIpc) is 3.10. The summed E-state index contributed by atoms with van der Waals surface area (Å²) in [5.41, 5.74) is 0.720. The zero-order valence-electron chi connectivity index (χ0n) is 18.6. The summed E-state index contributed by atoms with van der Waals surface area (Å²) in [6.45, 7) is -0.0237. The molecule has 2 heterocycles. The first kappa shape index (κ1) is 24.5. The molecule has 1 saturated heterocycles. The summed E-state index contributed by atoms with van der Waals surface area (Å²) in [6.07, 6.45) is 1.51. The van der Waals surface area contributed by atoms with E-state index in [2.05, 4.69) is 4.98 Å². The number of carbonyl (C=O) groups excluding carboxylic acids is 2. The Morgan fingerprint density at radius 1 is 1.09 bits per heavy atom. The number of hydrogen-bond donors (Lipinski definition) is 1. The average molecular weight is 517 g/mol. The van der Waals surface area contributed by atoms with Gasteiger partial charge in [0.15, 0.2) is 11.5 Å². The van der Waals surface area contributed by atoms with E-state index in [0.29, 0.717) is 11.3 Å². The Balaban J connectivity index is 1.92. The maximum atomic E-state index is 13.4. The van der Waals surface area contributed by atoms with Crippen molar-refractivity contribution in [3.63, 3.8) is 0 Å². The van der Waals surface area contributed by atoms with E-state index in [1.54, 1.807) is 18.2 Å². The van der Waals surface area contributed by atoms with Crippen LogP contribution in [0, 0.1) is 5.82 Å². The Kier molecular flexibility index (Phi) is 6.95. The van der Waals surface area contributed by atoms with Crippen molar-refractivity contribution in [1.29, 1.82) is 0 Å². The first-order chi connectivity index (χ1) is 16.8. The van der Waals surface area contributed by atoms with Crippen molar-refractivity contribution in [3.05, 3.63) is 93.0 Å². The van der Waals surface area contributed by atoms with Gasteiger partial charge in [0, 0.05) is 12.7 Å². The first-order valence-corrected chi connectivity index (χ1v) is 11.1. The van der Waals surface area contributed by atoms with Crippen LogP contribution < -0.4 is 9.47 Å². The number of aliphatic hydroxyl groups excluding tert-OH is 1. The molecular formula is C25H19Cl2FN2O5. The van der Waals surface area contributed by atoms with E-state index in [-0.39, 0.29) is 39.2 Å². The molecule has 10 heteroatoms. The van der Waals surface area contributed by atoms with Crippen molar-refractivity contribution in [3.8, 4) is 11.5 Å². The minimum Gasteiger partial charge on any atom is -0.507 e. The summed E-state index contributed by atoms with van der Waals surface area (Å²) in [6, 6.07) is 10.8. The molecule has 1 aliphatic heterocycles. The van der Waals surface area contributed by atoms with E-state index in [1.807, 2.05) is 0 Å². The van der Waals surface area contributed by atoms with Crippen LogP contribution in [0.15, 0.2) is 60.3 Å². The van der Waals surface area contributed by atoms with Gasteiger partial charge in [0.05, 0.1) is 36.1 Å². The van der Waals surface area contributed by atoms with E-state index >= 15 is 0 Å². The lowest BCUT2D eigenvalue weighted by molar-refractivity contribution is -0.140. The lowest BCUT2D eigenvalue weighted by atomic mass is 9.97. The molecule has 1 N–H and O–H groups in total. The number of hydrogen-bond acceptors (Lipinski definition) is 6. The number of benzene rings is 2. The topological polar surface area (TPSA) is 89.0 Å². The monoisotopic (exact) mass is 516 g/mol. The number of likely N-dealkylation sites (tertiary alicyclic amines) is 1. The molecule has 4 rings (SSSR count). The Bertz CT molecular complexity index is 1330. The van der Waals surface area contributed by atoms with Gasteiger partial charge in [0.2, 0.25) is 0 Å². The molecular weight excluding hydrogens is 498 g/mol. The molecule has 0 spiro atoms. The van der Waals surface area contributed by atoms with Crippen LogP contribution in [0.1, 0.15) is 22.9 Å². The number of ether oxygens (including phenoxy) is 2. The van der Waals surface area contributed by atoms with Crippen LogP contribution in [-0.4, -0.2) is 40.9 Å². The number of ketones is 1. The number of aliphatic hydroxyl groups is 1. The van der Waals surface area contributed by atoms with Gasteiger partial charge >= 0.3 is 0 Å². The van der Waals surface area contributed by atoms with Crippen LogP contribution in [0.4, 0.5) is 4.39 Å². The SMILES string of the molecule is COc1c(Cl)cc(/C(O)=C2\C(=O)C(=O)N(Cc3ccc(F)cc3)C2c2ccccn2)c(OC)c1Cl. The normalized spacial score (nSPS) is 17.1. The van der Waals surface area contributed by atoms with Gasteiger partial charge < -0.3 is 19.5 Å². The third-order valence-corrected chi connectivity index (χ3v) is 6.19. The lowest BCUT2D eigenvalue weighted by Crippen LogP contribution is -2.29. The molecule has 1 unspecified atom stereocenters. The summed E-state index contributed by atoms with van der Waals surface area (Å²) in [4.78, 5) is 31.9. The number of nitrogens with zero attached hydrogens (tertiary/aromatic N) is 2. The van der Waals surface area contributed by atoms with Gasteiger partial charge in [-0.2, -0.15) is 0 Å². The lowest BCUT2D eigenvalue weighted by Gasteiger charge is -2.25. The van der Waals surface area contributed by atoms with E-state index in [0.717, 1.165) is 0 Å². The van der Waals surface area contributed by atoms with Crippen LogP contribution >= 0.6 is 23.2 Å². The summed E-state index contributed by atoms with van der Waals surface area (Å²) < 4.78 is 24.0. The Hall–Kier alpha value is -3.62. The van der Waals surface area contributed by atoms with Gasteiger partial charge in [0.1, 0.15) is 22.6 Å². The summed E-state index contributed by atoms with van der Waals surface area (Å²) >= 11 is 12.6. The van der Waals surface area contributed by atoms with Gasteiger partial charge in [-0.15, -0.1) is 0 Å². The van der Waals surface area contributed by atoms with Gasteiger partial charge in [-0.05, 0) is 35.9 Å². The van der Waals surface area contributed by atoms with Crippen molar-refractivity contribution in [2.24, 2.45) is 0 Å². The zero-order valence-corrected chi connectivity index (χ0v) is 20.1. The molecule has 1 aromatic heterocycles. The van der Waals surface area contributed by atoms with E-state index < -0.39 is 29.3 Å². The molecule has 0 saturated carbocycles. The summed E-state index contributed by atoms with van der Waals surface area (Å²) in [7, 11) is 2.70.